The summed E-state index contributed by atoms with van der Waals surface area (Å²) in [5.74, 6) is 0.161. The largest absolute Gasteiger partial charge is 0.508 e. The molecule has 4 heteroatoms. The Morgan fingerprint density at radius 3 is 2.95 bits per heavy atom. The highest BCUT2D eigenvalue weighted by Gasteiger charge is 2.20. The van der Waals surface area contributed by atoms with Gasteiger partial charge in [-0.05, 0) is 50.9 Å². The quantitative estimate of drug-likeness (QED) is 0.862. The van der Waals surface area contributed by atoms with Crippen molar-refractivity contribution in [1.82, 2.24) is 4.90 Å². The number of piperidine rings is 1. The van der Waals surface area contributed by atoms with Crippen LogP contribution in [0.15, 0.2) is 27.4 Å². The van der Waals surface area contributed by atoms with Crippen molar-refractivity contribution >= 4 is 11.0 Å². The van der Waals surface area contributed by atoms with Crippen LogP contribution in [0, 0.1) is 6.92 Å². The summed E-state index contributed by atoms with van der Waals surface area (Å²) in [6.45, 7) is 5.84. The number of nitrogens with zero attached hydrogens (tertiary/aromatic N) is 1. The summed E-state index contributed by atoms with van der Waals surface area (Å²) in [6, 6.07) is 5.63. The zero-order chi connectivity index (χ0) is 15.0. The normalized spacial score (nSPS) is 20.0. The maximum Gasteiger partial charge on any atom is 0.336 e. The molecule has 1 N–H and O–H groups in total. The summed E-state index contributed by atoms with van der Waals surface area (Å²) in [6.07, 6.45) is 3.70. The van der Waals surface area contributed by atoms with E-state index >= 15 is 0 Å². The van der Waals surface area contributed by atoms with Gasteiger partial charge in [-0.3, -0.25) is 4.90 Å². The van der Waals surface area contributed by atoms with Gasteiger partial charge in [0.1, 0.15) is 11.3 Å². The van der Waals surface area contributed by atoms with E-state index in [-0.39, 0.29) is 11.4 Å². The third-order valence-corrected chi connectivity index (χ3v) is 4.53. The van der Waals surface area contributed by atoms with Gasteiger partial charge < -0.3 is 9.52 Å². The van der Waals surface area contributed by atoms with Crippen molar-refractivity contribution in [3.05, 3.63) is 39.7 Å². The Bertz CT molecular complexity index is 720. The lowest BCUT2D eigenvalue weighted by molar-refractivity contribution is 0.153. The zero-order valence-corrected chi connectivity index (χ0v) is 12.6. The van der Waals surface area contributed by atoms with E-state index in [0.717, 1.165) is 24.0 Å². The Labute approximate surface area is 124 Å². The Kier molecular flexibility index (Phi) is 3.72. The second-order valence-electron chi connectivity index (χ2n) is 5.99. The van der Waals surface area contributed by atoms with Crippen molar-refractivity contribution in [2.45, 2.75) is 45.7 Å². The van der Waals surface area contributed by atoms with Crippen LogP contribution in [0.4, 0.5) is 0 Å². The van der Waals surface area contributed by atoms with Crippen molar-refractivity contribution in [2.75, 3.05) is 6.54 Å². The van der Waals surface area contributed by atoms with Crippen molar-refractivity contribution in [2.24, 2.45) is 0 Å². The van der Waals surface area contributed by atoms with Gasteiger partial charge in [-0.1, -0.05) is 6.42 Å². The lowest BCUT2D eigenvalue weighted by Crippen LogP contribution is -2.36. The number of rotatable bonds is 2. The van der Waals surface area contributed by atoms with Gasteiger partial charge >= 0.3 is 5.63 Å². The summed E-state index contributed by atoms with van der Waals surface area (Å²) in [7, 11) is 0. The number of aromatic hydroxyl groups is 1. The van der Waals surface area contributed by atoms with Crippen LogP contribution in [0.3, 0.4) is 0 Å². The first-order valence-corrected chi connectivity index (χ1v) is 7.55. The van der Waals surface area contributed by atoms with Gasteiger partial charge in [-0.2, -0.15) is 0 Å². The molecule has 0 saturated carbocycles. The lowest BCUT2D eigenvalue weighted by atomic mass is 10.0. The molecule has 112 valence electrons. The molecule has 1 atom stereocenters. The van der Waals surface area contributed by atoms with E-state index in [9.17, 15) is 9.90 Å². The standard InChI is InChI=1S/C17H21NO3/c1-11-5-3-4-8-18(11)10-13-9-16(20)21-17-12(2)15(19)7-6-14(13)17/h6-7,9,11,19H,3-5,8,10H2,1-2H3/t11-/m0/s1. The van der Waals surface area contributed by atoms with Gasteiger partial charge in [-0.25, -0.2) is 4.79 Å². The van der Waals surface area contributed by atoms with Crippen LogP contribution >= 0.6 is 0 Å². The van der Waals surface area contributed by atoms with Crippen molar-refractivity contribution < 1.29 is 9.52 Å². The minimum atomic E-state index is -0.351. The highest BCUT2D eigenvalue weighted by atomic mass is 16.4. The van der Waals surface area contributed by atoms with Crippen LogP contribution in [0.1, 0.15) is 37.3 Å². The summed E-state index contributed by atoms with van der Waals surface area (Å²) in [4.78, 5) is 14.2. The predicted octanol–water partition coefficient (Wildman–Crippen LogP) is 3.18. The van der Waals surface area contributed by atoms with E-state index in [1.807, 2.05) is 6.07 Å². The fourth-order valence-corrected chi connectivity index (χ4v) is 3.16. The smallest absolute Gasteiger partial charge is 0.336 e. The Morgan fingerprint density at radius 1 is 1.38 bits per heavy atom. The minimum Gasteiger partial charge on any atom is -0.508 e. The SMILES string of the molecule is Cc1c(O)ccc2c(CN3CCCC[C@@H]3C)cc(=O)oc12. The van der Waals surface area contributed by atoms with Gasteiger partial charge in [0.25, 0.3) is 0 Å². The van der Waals surface area contributed by atoms with Crippen molar-refractivity contribution in [1.29, 1.82) is 0 Å². The first kappa shape index (κ1) is 14.1. The van der Waals surface area contributed by atoms with Gasteiger partial charge in [0.15, 0.2) is 0 Å². The number of hydrogen-bond donors (Lipinski definition) is 1. The number of benzene rings is 1. The molecule has 21 heavy (non-hydrogen) atoms. The molecule has 0 unspecified atom stereocenters. The minimum absolute atomic E-state index is 0.161. The van der Waals surface area contributed by atoms with Gasteiger partial charge in [0.2, 0.25) is 0 Å². The second kappa shape index (κ2) is 5.53. The third kappa shape index (κ3) is 2.68. The lowest BCUT2D eigenvalue weighted by Gasteiger charge is -2.33. The van der Waals surface area contributed by atoms with Gasteiger partial charge in [-0.15, -0.1) is 0 Å². The monoisotopic (exact) mass is 287 g/mol. The van der Waals surface area contributed by atoms with Crippen LogP contribution in [0.5, 0.6) is 5.75 Å². The van der Waals surface area contributed by atoms with Crippen molar-refractivity contribution in [3.63, 3.8) is 0 Å². The molecule has 1 fully saturated rings. The Balaban J connectivity index is 2.05. The van der Waals surface area contributed by atoms with Crippen LogP contribution in [0.25, 0.3) is 11.0 Å². The molecular formula is C17H21NO3. The first-order chi connectivity index (χ1) is 10.1. The molecule has 0 radical (unpaired) electrons. The number of phenols is 1. The molecule has 1 saturated heterocycles. The molecule has 1 aromatic carbocycles. The van der Waals surface area contributed by atoms with E-state index in [2.05, 4.69) is 11.8 Å². The second-order valence-corrected chi connectivity index (χ2v) is 5.99. The molecule has 0 bridgehead atoms. The number of phenolic OH excluding ortho intramolecular Hbond substituents is 1. The van der Waals surface area contributed by atoms with E-state index in [1.165, 1.54) is 19.3 Å². The average Bonchev–Trinajstić information content (AvgIpc) is 2.46. The molecular weight excluding hydrogens is 266 g/mol. The molecule has 1 aliphatic rings. The molecule has 1 aliphatic heterocycles. The highest BCUT2D eigenvalue weighted by molar-refractivity contribution is 5.84. The van der Waals surface area contributed by atoms with Gasteiger partial charge in [0.05, 0.1) is 0 Å². The molecule has 4 nitrogen and oxygen atoms in total. The van der Waals surface area contributed by atoms with Crippen molar-refractivity contribution in [3.8, 4) is 5.75 Å². The maximum atomic E-state index is 11.8. The van der Waals surface area contributed by atoms with E-state index < -0.39 is 0 Å². The fraction of sp³-hybridized carbons (Fsp3) is 0.471. The molecule has 3 rings (SSSR count). The third-order valence-electron chi connectivity index (χ3n) is 4.53. The zero-order valence-electron chi connectivity index (χ0n) is 12.6. The Morgan fingerprint density at radius 2 is 2.19 bits per heavy atom. The van der Waals surface area contributed by atoms with Crippen LogP contribution in [-0.4, -0.2) is 22.6 Å². The van der Waals surface area contributed by atoms with E-state index in [1.54, 1.807) is 19.1 Å². The van der Waals surface area contributed by atoms with E-state index in [4.69, 9.17) is 4.42 Å². The maximum absolute atomic E-state index is 11.8. The molecule has 0 amide bonds. The summed E-state index contributed by atoms with van der Waals surface area (Å²) in [5.41, 5.74) is 1.76. The predicted molar refractivity (Wildman–Crippen MR) is 82.6 cm³/mol. The summed E-state index contributed by atoms with van der Waals surface area (Å²) >= 11 is 0. The van der Waals surface area contributed by atoms with Gasteiger partial charge in [0, 0.05) is 29.6 Å². The molecule has 0 spiro atoms. The molecule has 2 aromatic rings. The van der Waals surface area contributed by atoms with Crippen LogP contribution in [0.2, 0.25) is 0 Å². The Hall–Kier alpha value is -1.81. The number of hydrogen-bond acceptors (Lipinski definition) is 4. The van der Waals surface area contributed by atoms with Crippen LogP contribution in [-0.2, 0) is 6.54 Å². The summed E-state index contributed by atoms with van der Waals surface area (Å²) in [5, 5.41) is 10.7. The first-order valence-electron chi connectivity index (χ1n) is 7.55. The molecule has 0 aliphatic carbocycles. The van der Waals surface area contributed by atoms with Crippen LogP contribution < -0.4 is 5.63 Å². The number of likely N-dealkylation sites (tertiary alicyclic amines) is 1. The number of aryl methyl sites for hydroxylation is 1. The molecule has 1 aromatic heterocycles. The summed E-state index contributed by atoms with van der Waals surface area (Å²) < 4.78 is 5.30. The molecule has 2 heterocycles. The van der Waals surface area contributed by atoms with E-state index in [0.29, 0.717) is 17.2 Å². The number of fused-ring (bicyclic) bond motifs is 1. The highest BCUT2D eigenvalue weighted by Crippen LogP contribution is 2.29. The average molecular weight is 287 g/mol. The topological polar surface area (TPSA) is 53.7 Å². The fourth-order valence-electron chi connectivity index (χ4n) is 3.16.